The van der Waals surface area contributed by atoms with Gasteiger partial charge in [-0.25, -0.2) is 0 Å². The molecule has 1 nitrogen and oxygen atoms in total. The minimum atomic E-state index is 0.487. The van der Waals surface area contributed by atoms with E-state index < -0.39 is 0 Å². The summed E-state index contributed by atoms with van der Waals surface area (Å²) < 4.78 is 1.21. The minimum Gasteiger partial charge on any atom is -0.311 e. The van der Waals surface area contributed by atoms with Crippen LogP contribution in [-0.4, -0.2) is 12.1 Å². The molecule has 1 spiro atoms. The molecule has 1 heterocycles. The van der Waals surface area contributed by atoms with Crippen molar-refractivity contribution >= 4 is 15.9 Å². The molecular weight excluding hydrogens is 238 g/mol. The van der Waals surface area contributed by atoms with Crippen LogP contribution in [0.15, 0.2) is 28.7 Å². The number of benzene rings is 1. The van der Waals surface area contributed by atoms with Crippen LogP contribution in [0.2, 0.25) is 0 Å². The molecule has 1 aromatic rings. The van der Waals surface area contributed by atoms with Crippen LogP contribution in [0.5, 0.6) is 0 Å². The lowest BCUT2D eigenvalue weighted by atomic mass is 9.90. The highest BCUT2D eigenvalue weighted by Gasteiger charge is 2.52. The van der Waals surface area contributed by atoms with Crippen molar-refractivity contribution < 1.29 is 0 Å². The zero-order valence-corrected chi connectivity index (χ0v) is 9.68. The molecule has 14 heavy (non-hydrogen) atoms. The summed E-state index contributed by atoms with van der Waals surface area (Å²) >= 11 is 3.55. The fourth-order valence-corrected chi connectivity index (χ4v) is 3.15. The summed E-state index contributed by atoms with van der Waals surface area (Å²) in [5.74, 6) is 0.750. The molecule has 3 rings (SSSR count). The first-order chi connectivity index (χ1) is 6.80. The Hall–Kier alpha value is -0.340. The third-order valence-corrected chi connectivity index (χ3v) is 4.11. The van der Waals surface area contributed by atoms with Gasteiger partial charge in [0.05, 0.1) is 0 Å². The van der Waals surface area contributed by atoms with Crippen LogP contribution >= 0.6 is 15.9 Å². The molecule has 0 radical (unpaired) electrons. The normalized spacial score (nSPS) is 28.2. The molecule has 1 N–H and O–H groups in total. The maximum Gasteiger partial charge on any atom is 0.0251 e. The highest BCUT2D eigenvalue weighted by Crippen LogP contribution is 2.52. The molecule has 1 unspecified atom stereocenters. The largest absolute Gasteiger partial charge is 0.311 e. The quantitative estimate of drug-likeness (QED) is 0.810. The van der Waals surface area contributed by atoms with E-state index in [4.69, 9.17) is 0 Å². The Labute approximate surface area is 93.0 Å². The topological polar surface area (TPSA) is 12.0 Å². The van der Waals surface area contributed by atoms with Gasteiger partial charge in [0.1, 0.15) is 0 Å². The first-order valence-corrected chi connectivity index (χ1v) is 6.10. The molecule has 2 fully saturated rings. The Morgan fingerprint density at radius 3 is 2.93 bits per heavy atom. The molecule has 1 atom stereocenters. The number of nitrogens with one attached hydrogen (secondary N) is 1. The Morgan fingerprint density at radius 2 is 2.21 bits per heavy atom. The predicted molar refractivity (Wildman–Crippen MR) is 61.5 cm³/mol. The molecule has 1 saturated carbocycles. The molecule has 1 saturated heterocycles. The first kappa shape index (κ1) is 8.93. The van der Waals surface area contributed by atoms with Crippen molar-refractivity contribution in [3.05, 3.63) is 34.3 Å². The molecule has 2 heteroatoms. The van der Waals surface area contributed by atoms with Crippen molar-refractivity contribution in [3.63, 3.8) is 0 Å². The molecule has 0 bridgehead atoms. The fraction of sp³-hybridized carbons (Fsp3) is 0.500. The third-order valence-electron chi connectivity index (χ3n) is 3.62. The van der Waals surface area contributed by atoms with Crippen molar-refractivity contribution in [2.45, 2.75) is 30.7 Å². The van der Waals surface area contributed by atoms with Crippen molar-refractivity contribution in [2.75, 3.05) is 6.54 Å². The zero-order chi connectivity index (χ0) is 9.60. The van der Waals surface area contributed by atoms with E-state index in [2.05, 4.69) is 45.5 Å². The van der Waals surface area contributed by atoms with Gasteiger partial charge < -0.3 is 5.32 Å². The standard InChI is InChI=1S/C12H14BrN/c13-10-3-1-2-9(8-10)11-4-7-14-12(11)5-6-12/h1-3,8,11,14H,4-7H2. The first-order valence-electron chi connectivity index (χ1n) is 5.31. The minimum absolute atomic E-state index is 0.487. The number of hydrogen-bond donors (Lipinski definition) is 1. The monoisotopic (exact) mass is 251 g/mol. The van der Waals surface area contributed by atoms with E-state index in [1.165, 1.54) is 35.8 Å². The second-order valence-corrected chi connectivity index (χ2v) is 5.39. The average molecular weight is 252 g/mol. The maximum atomic E-state index is 3.66. The SMILES string of the molecule is Brc1cccc(C2CCNC23CC3)c1. The summed E-state index contributed by atoms with van der Waals surface area (Å²) in [6.45, 7) is 1.19. The Kier molecular flexibility index (Phi) is 1.96. The molecule has 1 aliphatic carbocycles. The molecular formula is C12H14BrN. The van der Waals surface area contributed by atoms with Gasteiger partial charge in [-0.3, -0.25) is 0 Å². The van der Waals surface area contributed by atoms with E-state index in [-0.39, 0.29) is 0 Å². The van der Waals surface area contributed by atoms with Crippen LogP contribution in [-0.2, 0) is 0 Å². The van der Waals surface area contributed by atoms with E-state index >= 15 is 0 Å². The molecule has 1 aliphatic heterocycles. The fourth-order valence-electron chi connectivity index (χ4n) is 2.73. The van der Waals surface area contributed by atoms with Crippen molar-refractivity contribution in [3.8, 4) is 0 Å². The number of halogens is 1. The van der Waals surface area contributed by atoms with Gasteiger partial charge in [0.25, 0.3) is 0 Å². The lowest BCUT2D eigenvalue weighted by Crippen LogP contribution is -2.27. The summed E-state index contributed by atoms with van der Waals surface area (Å²) in [4.78, 5) is 0. The predicted octanol–water partition coefficient (Wildman–Crippen LogP) is 3.06. The van der Waals surface area contributed by atoms with E-state index in [0.717, 1.165) is 5.92 Å². The summed E-state index contributed by atoms with van der Waals surface area (Å²) in [7, 11) is 0. The van der Waals surface area contributed by atoms with Gasteiger partial charge >= 0.3 is 0 Å². The smallest absolute Gasteiger partial charge is 0.0251 e. The Morgan fingerprint density at radius 1 is 1.36 bits per heavy atom. The average Bonchev–Trinajstić information content (AvgIpc) is 2.78. The summed E-state index contributed by atoms with van der Waals surface area (Å²) in [6, 6.07) is 8.79. The molecule has 0 amide bonds. The molecule has 2 aliphatic rings. The lowest BCUT2D eigenvalue weighted by Gasteiger charge is -2.18. The lowest BCUT2D eigenvalue weighted by molar-refractivity contribution is 0.535. The molecule has 1 aromatic carbocycles. The maximum absolute atomic E-state index is 3.66. The van der Waals surface area contributed by atoms with Crippen molar-refractivity contribution in [2.24, 2.45) is 0 Å². The van der Waals surface area contributed by atoms with Crippen molar-refractivity contribution in [1.29, 1.82) is 0 Å². The summed E-state index contributed by atoms with van der Waals surface area (Å²) in [6.07, 6.45) is 4.03. The van der Waals surface area contributed by atoms with Gasteiger partial charge in [0, 0.05) is 15.9 Å². The van der Waals surface area contributed by atoms with E-state index in [1.807, 2.05) is 0 Å². The van der Waals surface area contributed by atoms with Crippen LogP contribution in [0.3, 0.4) is 0 Å². The van der Waals surface area contributed by atoms with Crippen LogP contribution in [0.4, 0.5) is 0 Å². The van der Waals surface area contributed by atoms with Crippen LogP contribution in [0.25, 0.3) is 0 Å². The van der Waals surface area contributed by atoms with E-state index in [0.29, 0.717) is 5.54 Å². The van der Waals surface area contributed by atoms with Gasteiger partial charge in [-0.15, -0.1) is 0 Å². The van der Waals surface area contributed by atoms with Gasteiger partial charge in [-0.05, 0) is 43.5 Å². The van der Waals surface area contributed by atoms with Gasteiger partial charge in [-0.1, -0.05) is 28.1 Å². The molecule has 0 aromatic heterocycles. The van der Waals surface area contributed by atoms with Gasteiger partial charge in [-0.2, -0.15) is 0 Å². The van der Waals surface area contributed by atoms with Gasteiger partial charge in [0.15, 0.2) is 0 Å². The van der Waals surface area contributed by atoms with Crippen molar-refractivity contribution in [1.82, 2.24) is 5.32 Å². The third kappa shape index (κ3) is 1.32. The highest BCUT2D eigenvalue weighted by molar-refractivity contribution is 9.10. The molecule has 74 valence electrons. The summed E-state index contributed by atoms with van der Waals surface area (Å²) in [5.41, 5.74) is 1.99. The van der Waals surface area contributed by atoms with E-state index in [9.17, 15) is 0 Å². The second kappa shape index (κ2) is 3.07. The number of hydrogen-bond acceptors (Lipinski definition) is 1. The zero-order valence-electron chi connectivity index (χ0n) is 8.09. The van der Waals surface area contributed by atoms with Crippen LogP contribution in [0, 0.1) is 0 Å². The summed E-state index contributed by atoms with van der Waals surface area (Å²) in [5, 5.41) is 3.66. The van der Waals surface area contributed by atoms with Gasteiger partial charge in [0.2, 0.25) is 0 Å². The number of rotatable bonds is 1. The second-order valence-electron chi connectivity index (χ2n) is 4.48. The Balaban J connectivity index is 1.95. The highest BCUT2D eigenvalue weighted by atomic mass is 79.9. The van der Waals surface area contributed by atoms with Crippen LogP contribution < -0.4 is 5.32 Å². The van der Waals surface area contributed by atoms with E-state index in [1.54, 1.807) is 0 Å². The van der Waals surface area contributed by atoms with Crippen LogP contribution in [0.1, 0.15) is 30.7 Å². The Bertz CT molecular complexity index is 357.